The minimum absolute atomic E-state index is 0. The number of furan rings is 3. The largest absolute Gasteiger partial charge is 0.508 e. The third-order valence-corrected chi connectivity index (χ3v) is 21.3. The van der Waals surface area contributed by atoms with Gasteiger partial charge in [0.1, 0.15) is 0 Å². The van der Waals surface area contributed by atoms with Gasteiger partial charge in [-0.3, -0.25) is 0 Å². The van der Waals surface area contributed by atoms with Gasteiger partial charge in [-0.05, 0) is 207 Å². The van der Waals surface area contributed by atoms with Gasteiger partial charge in [0.25, 0.3) is 0 Å². The van der Waals surface area contributed by atoms with Crippen LogP contribution in [0.15, 0.2) is 233 Å². The standard InChI is InChI=1S/C51H46N7O2.C45H43N6O.2Ir/c1-36-19-23-42-41-17-12-18-45(48(41)59-50(42)53-36)57-31-29-55(34-57)27-10-11-28-56-30-32-58(35-56)46-26-22-40(47-43-24-20-37(2)54-51(43)60-49(46)47)16-7-4-3-6-13-38-21-25-44(52-33-38)39-14-8-5-9-15-39;1-35-20-23-40-43-38(17-7-3-2-6-14-36-21-24-41(46-32-36)37-15-8-4-9-16-37)22-25-42(44(43)52-45(40)47-35)51-31-29-49(34-51)27-13-12-26-48-28-30-50(33-48)39-18-10-5-11-19-39;;/h5,8-9,12,14,17,19-25,29-35H,3-4,6-7,10-11,13,16,27-28H2,1-2H3;4-5,8-11,15,18,20-24,28-34H,2-3,6-7,12-14,17,26-27H2,1H3;;/q2*-5;;. The molecular formula is C96H89Ir2N13O3-10. The second kappa shape index (κ2) is 36.9. The third-order valence-electron chi connectivity index (χ3n) is 21.3. The fraction of sp³-hybridized carbons (Fsp3) is 0.240. The molecule has 18 rings (SSSR count). The molecule has 14 aromatic rings. The first kappa shape index (κ1) is 78.4. The number of benzene rings is 6. The van der Waals surface area contributed by atoms with E-state index in [9.17, 15) is 0 Å². The molecule has 584 valence electrons. The Bertz CT molecular complexity index is 5690. The van der Waals surface area contributed by atoms with Gasteiger partial charge in [-0.2, -0.15) is 99.5 Å². The Morgan fingerprint density at radius 3 is 1.17 bits per heavy atom. The van der Waals surface area contributed by atoms with Crippen molar-refractivity contribution in [1.82, 2.24) is 44.5 Å². The van der Waals surface area contributed by atoms with Crippen molar-refractivity contribution in [3.05, 3.63) is 322 Å². The van der Waals surface area contributed by atoms with Crippen LogP contribution in [0.4, 0.5) is 22.7 Å². The normalized spacial score (nSPS) is 13.9. The minimum atomic E-state index is 0. The number of aromatic nitrogens is 5. The predicted molar refractivity (Wildman–Crippen MR) is 448 cm³/mol. The average Bonchev–Trinajstić information content (AvgIpc) is 1.61. The molecule has 0 spiro atoms. The van der Waals surface area contributed by atoms with Gasteiger partial charge < -0.3 is 62.4 Å². The Balaban J connectivity index is 0.000000178. The molecule has 0 saturated carbocycles. The first-order chi connectivity index (χ1) is 55.2. The van der Waals surface area contributed by atoms with Gasteiger partial charge in [0, 0.05) is 103 Å². The zero-order valence-electron chi connectivity index (χ0n) is 64.4. The molecule has 4 aliphatic heterocycles. The first-order valence-corrected chi connectivity index (χ1v) is 39.5. The monoisotopic (exact) mass is 1860 g/mol. The second-order valence-corrected chi connectivity index (χ2v) is 29.4. The molecule has 6 aromatic carbocycles. The maximum Gasteiger partial charge on any atom is 0.212 e. The molecule has 2 radical (unpaired) electrons. The van der Waals surface area contributed by atoms with Crippen molar-refractivity contribution >= 4 is 89.0 Å². The smallest absolute Gasteiger partial charge is 0.212 e. The fourth-order valence-electron chi connectivity index (χ4n) is 15.3. The number of pyridine rings is 5. The Hall–Kier alpha value is -10.9. The van der Waals surface area contributed by atoms with Crippen molar-refractivity contribution in [2.75, 3.05) is 45.8 Å². The van der Waals surface area contributed by atoms with Crippen LogP contribution in [0.2, 0.25) is 0 Å². The number of rotatable bonds is 30. The molecule has 0 aliphatic carbocycles. The van der Waals surface area contributed by atoms with E-state index in [1.54, 1.807) is 0 Å². The number of nitrogens with zero attached hydrogens (tertiary/aromatic N) is 13. The van der Waals surface area contributed by atoms with Crippen LogP contribution in [0.1, 0.15) is 116 Å². The van der Waals surface area contributed by atoms with Crippen LogP contribution in [-0.4, -0.2) is 70.7 Å². The summed E-state index contributed by atoms with van der Waals surface area (Å²) in [5, 5.41) is 6.53. The quantitative estimate of drug-likeness (QED) is 0.0312. The van der Waals surface area contributed by atoms with Crippen molar-refractivity contribution < 1.29 is 53.5 Å². The van der Waals surface area contributed by atoms with Crippen molar-refractivity contribution in [3.8, 4) is 22.5 Å². The van der Waals surface area contributed by atoms with Crippen molar-refractivity contribution in [2.24, 2.45) is 0 Å². The van der Waals surface area contributed by atoms with E-state index < -0.39 is 0 Å². The fourth-order valence-corrected chi connectivity index (χ4v) is 15.3. The number of anilines is 4. The molecule has 114 heavy (non-hydrogen) atoms. The maximum atomic E-state index is 6.53. The molecule has 0 fully saturated rings. The van der Waals surface area contributed by atoms with Gasteiger partial charge in [0.15, 0.2) is 0 Å². The average molecular weight is 1860 g/mol. The molecule has 0 N–H and O–H groups in total. The van der Waals surface area contributed by atoms with Gasteiger partial charge in [0.05, 0.1) is 0 Å². The van der Waals surface area contributed by atoms with E-state index in [1.165, 1.54) is 41.5 Å². The summed E-state index contributed by atoms with van der Waals surface area (Å²) in [5.74, 6) is 0. The Morgan fingerprint density at radius 2 is 0.737 bits per heavy atom. The second-order valence-electron chi connectivity index (χ2n) is 29.4. The summed E-state index contributed by atoms with van der Waals surface area (Å²) in [6, 6.07) is 73.9. The third kappa shape index (κ3) is 18.2. The molecule has 18 heteroatoms. The van der Waals surface area contributed by atoms with E-state index in [-0.39, 0.29) is 40.2 Å². The summed E-state index contributed by atoms with van der Waals surface area (Å²) in [6.07, 6.45) is 38.4. The molecule has 16 nitrogen and oxygen atoms in total. The number of hydrogen-bond donors (Lipinski definition) is 0. The number of fused-ring (bicyclic) bond motifs is 9. The Kier molecular flexibility index (Phi) is 25.4. The summed E-state index contributed by atoms with van der Waals surface area (Å²) in [5.41, 5.74) is 20.3. The van der Waals surface area contributed by atoms with Gasteiger partial charge in [-0.25, -0.2) is 15.0 Å². The van der Waals surface area contributed by atoms with Gasteiger partial charge >= 0.3 is 0 Å². The molecule has 0 amide bonds. The van der Waals surface area contributed by atoms with Crippen LogP contribution in [0, 0.1) is 83.8 Å². The maximum absolute atomic E-state index is 6.53. The molecule has 0 saturated heterocycles. The number of unbranched alkanes of at least 4 members (excludes halogenated alkanes) is 8. The summed E-state index contributed by atoms with van der Waals surface area (Å²) >= 11 is 0. The van der Waals surface area contributed by atoms with Crippen LogP contribution < -0.4 is 19.6 Å². The van der Waals surface area contributed by atoms with Crippen molar-refractivity contribution in [2.45, 2.75) is 124 Å². The zero-order chi connectivity index (χ0) is 75.5. The van der Waals surface area contributed by atoms with Crippen LogP contribution in [0.3, 0.4) is 0 Å². The summed E-state index contributed by atoms with van der Waals surface area (Å²) in [4.78, 5) is 40.9. The molecule has 0 unspecified atom stereocenters. The van der Waals surface area contributed by atoms with Crippen LogP contribution >= 0.6 is 0 Å². The summed E-state index contributed by atoms with van der Waals surface area (Å²) in [6.45, 7) is 18.3. The van der Waals surface area contributed by atoms with E-state index in [0.717, 1.165) is 221 Å². The van der Waals surface area contributed by atoms with E-state index in [4.69, 9.17) is 23.2 Å². The topological polar surface area (TPSA) is 130 Å². The zero-order valence-corrected chi connectivity index (χ0v) is 69.2. The SMILES string of the molecule is Cc1ccc2c(n1)oc1c(N3C=CN(CCCCN4C=CN(c5[c-]cc(CCCCCCc6ccc(-c7[c-]cccc7)nc6)c6c5oc5nc(C)ccc56)[CH-]4)[CH-]3)[c-]ccc12.Cc1ccc2c(n1)oc1c(N3C=CN(CCCCN4C=CN(c5[c-]cccc5)[CH-]4)[CH-]3)[c-]cc(CCCCCCc3ccc(-c4[c-]cccc4)nc3)c12.[Ir].[Ir]. The molecule has 4 aliphatic rings. The van der Waals surface area contributed by atoms with Gasteiger partial charge in [-0.15, -0.1) is 88.6 Å². The Labute approximate surface area is 695 Å². The minimum Gasteiger partial charge on any atom is -0.508 e. The number of para-hydroxylation sites is 1. The van der Waals surface area contributed by atoms with Crippen molar-refractivity contribution in [1.29, 1.82) is 0 Å². The van der Waals surface area contributed by atoms with Crippen LogP contribution in [0.25, 0.3) is 88.7 Å². The number of aryl methyl sites for hydroxylation is 7. The Morgan fingerprint density at radius 1 is 0.333 bits per heavy atom. The molecule has 8 aromatic heterocycles. The molecule has 12 heterocycles. The van der Waals surface area contributed by atoms with Crippen LogP contribution in [0.5, 0.6) is 0 Å². The van der Waals surface area contributed by atoms with Gasteiger partial charge in [0.2, 0.25) is 17.1 Å². The predicted octanol–water partition coefficient (Wildman–Crippen LogP) is 21.6. The van der Waals surface area contributed by atoms with E-state index in [0.29, 0.717) is 17.1 Å². The molecular weight excluding hydrogens is 1770 g/mol. The summed E-state index contributed by atoms with van der Waals surface area (Å²) < 4.78 is 19.2. The molecule has 0 bridgehead atoms. The van der Waals surface area contributed by atoms with E-state index in [2.05, 4.69) is 252 Å². The van der Waals surface area contributed by atoms with Gasteiger partial charge in [-0.1, -0.05) is 109 Å². The first-order valence-electron chi connectivity index (χ1n) is 39.5. The van der Waals surface area contributed by atoms with Crippen LogP contribution in [-0.2, 0) is 65.9 Å². The number of hydrogen-bond acceptors (Lipinski definition) is 16. The van der Waals surface area contributed by atoms with Crippen molar-refractivity contribution in [3.63, 3.8) is 0 Å². The molecule has 0 atom stereocenters. The summed E-state index contributed by atoms with van der Waals surface area (Å²) in [7, 11) is 0. The van der Waals surface area contributed by atoms with E-state index in [1.807, 2.05) is 106 Å². The van der Waals surface area contributed by atoms with E-state index >= 15 is 0 Å².